The highest BCUT2D eigenvalue weighted by atomic mass is 19.1. The van der Waals surface area contributed by atoms with Gasteiger partial charge >= 0.3 is 0 Å². The van der Waals surface area contributed by atoms with E-state index >= 15 is 0 Å². The Bertz CT molecular complexity index is 510. The van der Waals surface area contributed by atoms with Crippen LogP contribution in [-0.2, 0) is 11.3 Å². The first-order valence-corrected chi connectivity index (χ1v) is 6.63. The van der Waals surface area contributed by atoms with Gasteiger partial charge in [-0.3, -0.25) is 4.79 Å². The van der Waals surface area contributed by atoms with Crippen molar-refractivity contribution in [3.05, 3.63) is 35.1 Å². The SMILES string of the molecule is CC(CCCN)C(=O)N(C)Cc1cc(C#N)ccc1F. The molecule has 0 heterocycles. The summed E-state index contributed by atoms with van der Waals surface area (Å²) in [5.41, 5.74) is 6.16. The Morgan fingerprint density at radius 3 is 2.85 bits per heavy atom. The van der Waals surface area contributed by atoms with Crippen LogP contribution in [0.5, 0.6) is 0 Å². The monoisotopic (exact) mass is 277 g/mol. The highest BCUT2D eigenvalue weighted by Crippen LogP contribution is 2.15. The largest absolute Gasteiger partial charge is 0.341 e. The van der Waals surface area contributed by atoms with Crippen LogP contribution < -0.4 is 5.73 Å². The van der Waals surface area contributed by atoms with Crippen LogP contribution in [0.3, 0.4) is 0 Å². The van der Waals surface area contributed by atoms with Gasteiger partial charge in [0, 0.05) is 25.1 Å². The molecule has 4 nitrogen and oxygen atoms in total. The van der Waals surface area contributed by atoms with Gasteiger partial charge < -0.3 is 10.6 Å². The third kappa shape index (κ3) is 4.32. The Kier molecular flexibility index (Phi) is 6.13. The second kappa shape index (κ2) is 7.61. The zero-order chi connectivity index (χ0) is 15.1. The first kappa shape index (κ1) is 16.1. The number of amides is 1. The molecule has 5 heteroatoms. The molecule has 108 valence electrons. The van der Waals surface area contributed by atoms with Crippen LogP contribution in [0.2, 0.25) is 0 Å². The van der Waals surface area contributed by atoms with E-state index in [-0.39, 0.29) is 18.4 Å². The summed E-state index contributed by atoms with van der Waals surface area (Å²) in [5.74, 6) is -0.579. The van der Waals surface area contributed by atoms with Gasteiger partial charge in [-0.15, -0.1) is 0 Å². The average Bonchev–Trinajstić information content (AvgIpc) is 2.46. The predicted molar refractivity (Wildman–Crippen MR) is 75.0 cm³/mol. The van der Waals surface area contributed by atoms with Gasteiger partial charge in [0.15, 0.2) is 0 Å². The number of hydrogen-bond donors (Lipinski definition) is 1. The first-order valence-electron chi connectivity index (χ1n) is 6.63. The van der Waals surface area contributed by atoms with Crippen LogP contribution in [0.1, 0.15) is 30.9 Å². The van der Waals surface area contributed by atoms with Crippen molar-refractivity contribution in [1.82, 2.24) is 4.90 Å². The maximum Gasteiger partial charge on any atom is 0.225 e. The molecule has 1 rings (SSSR count). The standard InChI is InChI=1S/C15H20FN3O/c1-11(4-3-7-17)15(20)19(2)10-13-8-12(9-18)5-6-14(13)16/h5-6,8,11H,3-4,7,10,17H2,1-2H3. The van der Waals surface area contributed by atoms with Crippen molar-refractivity contribution in [1.29, 1.82) is 5.26 Å². The van der Waals surface area contributed by atoms with Crippen molar-refractivity contribution in [2.24, 2.45) is 11.7 Å². The number of carbonyl (C=O) groups is 1. The summed E-state index contributed by atoms with van der Waals surface area (Å²) in [5, 5.41) is 8.82. The molecule has 0 saturated heterocycles. The molecule has 20 heavy (non-hydrogen) atoms. The molecule has 1 unspecified atom stereocenters. The number of rotatable bonds is 6. The highest BCUT2D eigenvalue weighted by Gasteiger charge is 2.18. The van der Waals surface area contributed by atoms with Gasteiger partial charge in [-0.05, 0) is 37.6 Å². The van der Waals surface area contributed by atoms with E-state index in [0.717, 1.165) is 12.8 Å². The molecular formula is C15H20FN3O. The second-order valence-corrected chi connectivity index (χ2v) is 4.94. The molecule has 2 N–H and O–H groups in total. The van der Waals surface area contributed by atoms with Crippen molar-refractivity contribution in [2.75, 3.05) is 13.6 Å². The van der Waals surface area contributed by atoms with E-state index in [9.17, 15) is 9.18 Å². The highest BCUT2D eigenvalue weighted by molar-refractivity contribution is 5.78. The molecule has 0 saturated carbocycles. The van der Waals surface area contributed by atoms with Gasteiger partial charge in [0.05, 0.1) is 11.6 Å². The zero-order valence-electron chi connectivity index (χ0n) is 11.9. The number of nitriles is 1. The molecule has 0 bridgehead atoms. The van der Waals surface area contributed by atoms with Crippen LogP contribution in [0.25, 0.3) is 0 Å². The van der Waals surface area contributed by atoms with Crippen molar-refractivity contribution in [2.45, 2.75) is 26.3 Å². The molecule has 0 radical (unpaired) electrons. The maximum absolute atomic E-state index is 13.7. The van der Waals surface area contributed by atoms with Crippen LogP contribution in [0.15, 0.2) is 18.2 Å². The number of carbonyl (C=O) groups excluding carboxylic acids is 1. The molecule has 0 fully saturated rings. The van der Waals surface area contributed by atoms with Gasteiger partial charge in [-0.25, -0.2) is 4.39 Å². The van der Waals surface area contributed by atoms with E-state index in [1.165, 1.54) is 23.1 Å². The molecule has 1 amide bonds. The Hall–Kier alpha value is -1.93. The number of benzene rings is 1. The summed E-state index contributed by atoms with van der Waals surface area (Å²) < 4.78 is 13.7. The van der Waals surface area contributed by atoms with Crippen LogP contribution in [-0.4, -0.2) is 24.4 Å². The quantitative estimate of drug-likeness (QED) is 0.865. The van der Waals surface area contributed by atoms with Gasteiger partial charge in [-0.2, -0.15) is 5.26 Å². The number of nitrogens with two attached hydrogens (primary N) is 1. The van der Waals surface area contributed by atoms with Crippen molar-refractivity contribution < 1.29 is 9.18 Å². The van der Waals surface area contributed by atoms with Crippen LogP contribution >= 0.6 is 0 Å². The second-order valence-electron chi connectivity index (χ2n) is 4.94. The van der Waals surface area contributed by atoms with E-state index < -0.39 is 5.82 Å². The Morgan fingerprint density at radius 2 is 2.25 bits per heavy atom. The minimum absolute atomic E-state index is 0.0415. The fourth-order valence-corrected chi connectivity index (χ4v) is 2.02. The van der Waals surface area contributed by atoms with Gasteiger partial charge in [0.2, 0.25) is 5.91 Å². The topological polar surface area (TPSA) is 70.1 Å². The maximum atomic E-state index is 13.7. The number of halogens is 1. The summed E-state index contributed by atoms with van der Waals surface area (Å²) in [4.78, 5) is 13.6. The molecular weight excluding hydrogens is 257 g/mol. The Balaban J connectivity index is 2.73. The van der Waals surface area contributed by atoms with Crippen LogP contribution in [0.4, 0.5) is 4.39 Å². The zero-order valence-corrected chi connectivity index (χ0v) is 11.9. The third-order valence-corrected chi connectivity index (χ3v) is 3.22. The van der Waals surface area contributed by atoms with Gasteiger partial charge in [-0.1, -0.05) is 6.92 Å². The van der Waals surface area contributed by atoms with Crippen LogP contribution in [0, 0.1) is 23.1 Å². The summed E-state index contributed by atoms with van der Waals surface area (Å²) in [6.07, 6.45) is 1.51. The molecule has 0 aliphatic rings. The molecule has 1 atom stereocenters. The fraction of sp³-hybridized carbons (Fsp3) is 0.467. The third-order valence-electron chi connectivity index (χ3n) is 3.22. The summed E-state index contributed by atoms with van der Waals surface area (Å²) >= 11 is 0. The lowest BCUT2D eigenvalue weighted by Crippen LogP contribution is -2.31. The summed E-state index contributed by atoms with van der Waals surface area (Å²) in [7, 11) is 1.64. The minimum atomic E-state index is -0.404. The molecule has 0 aliphatic heterocycles. The molecule has 0 aromatic heterocycles. The Morgan fingerprint density at radius 1 is 1.55 bits per heavy atom. The van der Waals surface area contributed by atoms with E-state index in [0.29, 0.717) is 17.7 Å². The van der Waals surface area contributed by atoms with Gasteiger partial charge in [0.1, 0.15) is 5.82 Å². The van der Waals surface area contributed by atoms with E-state index in [2.05, 4.69) is 0 Å². The average molecular weight is 277 g/mol. The lowest BCUT2D eigenvalue weighted by Gasteiger charge is -2.21. The smallest absolute Gasteiger partial charge is 0.225 e. The molecule has 0 aliphatic carbocycles. The van der Waals surface area contributed by atoms with E-state index in [1.54, 1.807) is 7.05 Å². The molecule has 1 aromatic carbocycles. The lowest BCUT2D eigenvalue weighted by atomic mass is 10.0. The molecule has 1 aromatic rings. The first-order chi connectivity index (χ1) is 9.49. The van der Waals surface area contributed by atoms with Crippen molar-refractivity contribution in [3.8, 4) is 6.07 Å². The van der Waals surface area contributed by atoms with E-state index in [4.69, 9.17) is 11.0 Å². The van der Waals surface area contributed by atoms with Crippen molar-refractivity contribution in [3.63, 3.8) is 0 Å². The predicted octanol–water partition coefficient (Wildman–Crippen LogP) is 2.03. The number of hydrogen-bond acceptors (Lipinski definition) is 3. The lowest BCUT2D eigenvalue weighted by molar-refractivity contribution is -0.134. The summed E-state index contributed by atoms with van der Waals surface area (Å²) in [6.45, 7) is 2.56. The Labute approximate surface area is 119 Å². The normalized spacial score (nSPS) is 11.8. The molecule has 0 spiro atoms. The number of nitrogens with zero attached hydrogens (tertiary/aromatic N) is 2. The van der Waals surface area contributed by atoms with Crippen molar-refractivity contribution >= 4 is 5.91 Å². The minimum Gasteiger partial charge on any atom is -0.341 e. The summed E-state index contributed by atoms with van der Waals surface area (Å²) in [6, 6.07) is 6.11. The van der Waals surface area contributed by atoms with E-state index in [1.807, 2.05) is 13.0 Å². The van der Waals surface area contributed by atoms with Gasteiger partial charge in [0.25, 0.3) is 0 Å². The fourth-order valence-electron chi connectivity index (χ4n) is 2.02.